The number of nitrogens with zero attached hydrogens (tertiary/aromatic N) is 1. The Kier molecular flexibility index (Phi) is 4.52. The SMILES string of the molecule is CCSc1nc(CCC(C)C)c(C)[nH]1. The molecule has 0 fully saturated rings. The van der Waals surface area contributed by atoms with Gasteiger partial charge in [0.25, 0.3) is 0 Å². The Labute approximate surface area is 90.9 Å². The largest absolute Gasteiger partial charge is 0.337 e. The number of aromatic nitrogens is 2. The molecule has 0 saturated heterocycles. The van der Waals surface area contributed by atoms with Crippen molar-refractivity contribution in [1.82, 2.24) is 9.97 Å². The van der Waals surface area contributed by atoms with E-state index in [2.05, 4.69) is 37.7 Å². The number of aromatic amines is 1. The molecule has 1 aromatic rings. The van der Waals surface area contributed by atoms with Gasteiger partial charge >= 0.3 is 0 Å². The van der Waals surface area contributed by atoms with Gasteiger partial charge in [-0.2, -0.15) is 0 Å². The lowest BCUT2D eigenvalue weighted by molar-refractivity contribution is 0.580. The molecule has 0 aliphatic heterocycles. The first-order valence-corrected chi connectivity index (χ1v) is 6.30. The number of H-pyrrole nitrogens is 1. The highest BCUT2D eigenvalue weighted by Gasteiger charge is 2.06. The van der Waals surface area contributed by atoms with E-state index in [0.29, 0.717) is 0 Å². The highest BCUT2D eigenvalue weighted by Crippen LogP contribution is 2.18. The molecule has 80 valence electrons. The number of aryl methyl sites for hydroxylation is 2. The molecule has 2 nitrogen and oxygen atoms in total. The Balaban J connectivity index is 2.58. The van der Waals surface area contributed by atoms with E-state index >= 15 is 0 Å². The molecule has 0 spiro atoms. The van der Waals surface area contributed by atoms with Crippen LogP contribution in [0.25, 0.3) is 0 Å². The molecule has 1 heterocycles. The summed E-state index contributed by atoms with van der Waals surface area (Å²) in [6.45, 7) is 8.77. The number of imidazole rings is 1. The van der Waals surface area contributed by atoms with Gasteiger partial charge in [-0.3, -0.25) is 0 Å². The van der Waals surface area contributed by atoms with Gasteiger partial charge in [0.05, 0.1) is 5.69 Å². The molecule has 1 rings (SSSR count). The first kappa shape index (κ1) is 11.6. The van der Waals surface area contributed by atoms with Gasteiger partial charge in [-0.15, -0.1) is 0 Å². The van der Waals surface area contributed by atoms with Crippen LogP contribution in [-0.2, 0) is 6.42 Å². The monoisotopic (exact) mass is 212 g/mol. The molecule has 0 aliphatic carbocycles. The summed E-state index contributed by atoms with van der Waals surface area (Å²) >= 11 is 1.78. The quantitative estimate of drug-likeness (QED) is 0.758. The van der Waals surface area contributed by atoms with Gasteiger partial charge in [0.2, 0.25) is 0 Å². The van der Waals surface area contributed by atoms with Crippen molar-refractivity contribution < 1.29 is 0 Å². The van der Waals surface area contributed by atoms with Crippen LogP contribution in [0.2, 0.25) is 0 Å². The minimum Gasteiger partial charge on any atom is -0.337 e. The summed E-state index contributed by atoms with van der Waals surface area (Å²) in [5.41, 5.74) is 2.48. The van der Waals surface area contributed by atoms with Crippen LogP contribution < -0.4 is 0 Å². The zero-order valence-electron chi connectivity index (χ0n) is 9.55. The lowest BCUT2D eigenvalue weighted by Crippen LogP contribution is -1.94. The van der Waals surface area contributed by atoms with Crippen LogP contribution in [0, 0.1) is 12.8 Å². The maximum Gasteiger partial charge on any atom is 0.165 e. The first-order chi connectivity index (χ1) is 6.63. The second-order valence-corrected chi connectivity index (χ2v) is 5.23. The fourth-order valence-corrected chi connectivity index (χ4v) is 2.01. The molecule has 0 aliphatic rings. The van der Waals surface area contributed by atoms with E-state index in [-0.39, 0.29) is 0 Å². The molecule has 14 heavy (non-hydrogen) atoms. The fraction of sp³-hybridized carbons (Fsp3) is 0.727. The summed E-state index contributed by atoms with van der Waals surface area (Å²) in [6.07, 6.45) is 2.33. The average molecular weight is 212 g/mol. The van der Waals surface area contributed by atoms with Gasteiger partial charge in [-0.1, -0.05) is 32.5 Å². The summed E-state index contributed by atoms with van der Waals surface area (Å²) in [7, 11) is 0. The molecule has 1 N–H and O–H groups in total. The predicted octanol–water partition coefficient (Wildman–Crippen LogP) is 3.42. The molecule has 1 aromatic heterocycles. The Hall–Kier alpha value is -0.440. The predicted molar refractivity (Wildman–Crippen MR) is 62.9 cm³/mol. The number of hydrogen-bond acceptors (Lipinski definition) is 2. The summed E-state index contributed by atoms with van der Waals surface area (Å²) in [5, 5.41) is 1.07. The maximum atomic E-state index is 4.58. The summed E-state index contributed by atoms with van der Waals surface area (Å²) in [6, 6.07) is 0. The summed E-state index contributed by atoms with van der Waals surface area (Å²) in [4.78, 5) is 7.90. The number of rotatable bonds is 5. The highest BCUT2D eigenvalue weighted by molar-refractivity contribution is 7.99. The molecule has 0 amide bonds. The standard InChI is InChI=1S/C11H20N2S/c1-5-14-11-12-9(4)10(13-11)7-6-8(2)3/h8H,5-7H2,1-4H3,(H,12,13). The normalized spacial score (nSPS) is 11.2. The van der Waals surface area contributed by atoms with Gasteiger partial charge in [0.1, 0.15) is 0 Å². The summed E-state index contributed by atoms with van der Waals surface area (Å²) < 4.78 is 0. The van der Waals surface area contributed by atoms with Gasteiger partial charge < -0.3 is 4.98 Å². The fourth-order valence-electron chi connectivity index (χ4n) is 1.34. The number of hydrogen-bond donors (Lipinski definition) is 1. The Bertz CT molecular complexity index is 279. The topological polar surface area (TPSA) is 28.7 Å². The van der Waals surface area contributed by atoms with Crippen LogP contribution >= 0.6 is 11.8 Å². The zero-order valence-corrected chi connectivity index (χ0v) is 10.4. The minimum absolute atomic E-state index is 0.758. The number of thioether (sulfide) groups is 1. The van der Waals surface area contributed by atoms with Crippen molar-refractivity contribution >= 4 is 11.8 Å². The Morgan fingerprint density at radius 3 is 2.71 bits per heavy atom. The molecular weight excluding hydrogens is 192 g/mol. The van der Waals surface area contributed by atoms with E-state index in [4.69, 9.17) is 0 Å². The molecule has 0 saturated carbocycles. The molecule has 0 unspecified atom stereocenters. The van der Waals surface area contributed by atoms with Crippen LogP contribution in [-0.4, -0.2) is 15.7 Å². The van der Waals surface area contributed by atoms with E-state index in [1.807, 2.05) is 0 Å². The smallest absolute Gasteiger partial charge is 0.165 e. The van der Waals surface area contributed by atoms with Gasteiger partial charge in [-0.25, -0.2) is 4.98 Å². The van der Waals surface area contributed by atoms with E-state index in [1.165, 1.54) is 17.8 Å². The average Bonchev–Trinajstić information content (AvgIpc) is 2.44. The van der Waals surface area contributed by atoms with Crippen molar-refractivity contribution in [3.8, 4) is 0 Å². The molecule has 0 aromatic carbocycles. The number of nitrogens with one attached hydrogen (secondary N) is 1. The molecule has 3 heteroatoms. The van der Waals surface area contributed by atoms with Crippen molar-refractivity contribution in [2.45, 2.75) is 45.7 Å². The maximum absolute atomic E-state index is 4.58. The van der Waals surface area contributed by atoms with Gasteiger partial charge in [-0.05, 0) is 31.4 Å². The van der Waals surface area contributed by atoms with E-state index in [9.17, 15) is 0 Å². The highest BCUT2D eigenvalue weighted by atomic mass is 32.2. The second-order valence-electron chi connectivity index (χ2n) is 3.98. The van der Waals surface area contributed by atoms with Crippen molar-refractivity contribution in [3.63, 3.8) is 0 Å². The molecule has 0 bridgehead atoms. The Morgan fingerprint density at radius 2 is 2.14 bits per heavy atom. The van der Waals surface area contributed by atoms with Crippen LogP contribution in [0.1, 0.15) is 38.6 Å². The zero-order chi connectivity index (χ0) is 10.6. The van der Waals surface area contributed by atoms with E-state index in [1.54, 1.807) is 11.8 Å². The van der Waals surface area contributed by atoms with Gasteiger partial charge in [0, 0.05) is 5.69 Å². The first-order valence-electron chi connectivity index (χ1n) is 5.31. The van der Waals surface area contributed by atoms with Gasteiger partial charge in [0.15, 0.2) is 5.16 Å². The van der Waals surface area contributed by atoms with E-state index < -0.39 is 0 Å². The van der Waals surface area contributed by atoms with Crippen molar-refractivity contribution in [2.75, 3.05) is 5.75 Å². The molecular formula is C11H20N2S. The third-order valence-electron chi connectivity index (χ3n) is 2.20. The third kappa shape index (κ3) is 3.37. The van der Waals surface area contributed by atoms with Crippen LogP contribution in [0.15, 0.2) is 5.16 Å². The molecule has 0 radical (unpaired) electrons. The van der Waals surface area contributed by atoms with Crippen molar-refractivity contribution in [2.24, 2.45) is 5.92 Å². The van der Waals surface area contributed by atoms with E-state index in [0.717, 1.165) is 23.2 Å². The minimum atomic E-state index is 0.758. The van der Waals surface area contributed by atoms with Crippen LogP contribution in [0.5, 0.6) is 0 Å². The third-order valence-corrected chi connectivity index (χ3v) is 2.96. The van der Waals surface area contributed by atoms with Crippen LogP contribution in [0.3, 0.4) is 0 Å². The lowest BCUT2D eigenvalue weighted by atomic mass is 10.1. The van der Waals surface area contributed by atoms with Crippen molar-refractivity contribution in [1.29, 1.82) is 0 Å². The second kappa shape index (κ2) is 5.44. The molecule has 0 atom stereocenters. The van der Waals surface area contributed by atoms with Crippen molar-refractivity contribution in [3.05, 3.63) is 11.4 Å². The summed E-state index contributed by atoms with van der Waals surface area (Å²) in [5.74, 6) is 1.84. The lowest BCUT2D eigenvalue weighted by Gasteiger charge is -2.01. The Morgan fingerprint density at radius 1 is 1.43 bits per heavy atom. The van der Waals surface area contributed by atoms with Crippen LogP contribution in [0.4, 0.5) is 0 Å².